The number of nitrogens with zero attached hydrogens (tertiary/aromatic N) is 3. The molecule has 0 radical (unpaired) electrons. The molecule has 0 aliphatic heterocycles. The monoisotopic (exact) mass is 480 g/mol. The molecular formula is C25H25FN4O3S. The Hall–Kier alpha value is -3.59. The molecule has 2 heterocycles. The molecule has 0 aliphatic rings. The Morgan fingerprint density at radius 1 is 1.06 bits per heavy atom. The minimum atomic E-state index is -0.269. The van der Waals surface area contributed by atoms with Crippen molar-refractivity contribution >= 4 is 28.8 Å². The van der Waals surface area contributed by atoms with Gasteiger partial charge >= 0.3 is 0 Å². The van der Waals surface area contributed by atoms with Crippen LogP contribution in [0.2, 0.25) is 0 Å². The van der Waals surface area contributed by atoms with Crippen molar-refractivity contribution in [1.82, 2.24) is 19.9 Å². The van der Waals surface area contributed by atoms with Crippen LogP contribution < -0.4 is 14.8 Å². The van der Waals surface area contributed by atoms with Crippen LogP contribution in [0.15, 0.2) is 66.0 Å². The number of pyridine rings is 1. The number of carbonyl (C=O) groups is 1. The van der Waals surface area contributed by atoms with Gasteiger partial charge in [-0.3, -0.25) is 4.79 Å². The first kappa shape index (κ1) is 23.6. The molecule has 0 fully saturated rings. The number of aromatic nitrogens is 3. The summed E-state index contributed by atoms with van der Waals surface area (Å²) in [7, 11) is 3.19. The first-order valence-electron chi connectivity index (χ1n) is 10.7. The summed E-state index contributed by atoms with van der Waals surface area (Å²) in [6, 6.07) is 15.8. The Kier molecular flexibility index (Phi) is 7.64. The molecule has 0 saturated carbocycles. The first-order chi connectivity index (χ1) is 16.6. The normalized spacial score (nSPS) is 10.9. The fourth-order valence-electron chi connectivity index (χ4n) is 3.51. The molecule has 4 rings (SSSR count). The molecule has 7 nitrogen and oxygen atoms in total. The van der Waals surface area contributed by atoms with Crippen molar-refractivity contribution < 1.29 is 18.7 Å². The van der Waals surface area contributed by atoms with Crippen LogP contribution in [-0.2, 0) is 23.5 Å². The molecule has 0 atom stereocenters. The lowest BCUT2D eigenvalue weighted by atomic mass is 10.1. The number of fused-ring (bicyclic) bond motifs is 1. The van der Waals surface area contributed by atoms with E-state index in [2.05, 4.69) is 15.3 Å². The standard InChI is InChI=1S/C25H25FN4O3S/c1-32-21-10-7-17(14-22(21)33-2)11-13-27-23(31)15-30-20-4-3-12-28-24(20)29-25(30)34-16-18-5-8-19(26)9-6-18/h3-10,12,14H,11,13,15-16H2,1-2H3,(H,27,31). The van der Waals surface area contributed by atoms with Crippen LogP contribution in [0.4, 0.5) is 4.39 Å². The van der Waals surface area contributed by atoms with Gasteiger partial charge in [0, 0.05) is 18.5 Å². The fraction of sp³-hybridized carbons (Fsp3) is 0.240. The SMILES string of the molecule is COc1ccc(CCNC(=O)Cn2c(SCc3ccc(F)cc3)nc3ncccc32)cc1OC. The van der Waals surface area contributed by atoms with E-state index in [0.717, 1.165) is 16.6 Å². The third-order valence-corrected chi connectivity index (χ3v) is 6.30. The molecule has 0 bridgehead atoms. The molecule has 0 unspecified atom stereocenters. The zero-order valence-electron chi connectivity index (χ0n) is 19.0. The molecule has 2 aromatic heterocycles. The number of ether oxygens (including phenoxy) is 2. The molecule has 2 aromatic carbocycles. The highest BCUT2D eigenvalue weighted by Crippen LogP contribution is 2.28. The maximum Gasteiger partial charge on any atom is 0.240 e. The topological polar surface area (TPSA) is 78.3 Å². The van der Waals surface area contributed by atoms with Crippen LogP contribution in [0.1, 0.15) is 11.1 Å². The van der Waals surface area contributed by atoms with Gasteiger partial charge in [-0.15, -0.1) is 0 Å². The summed E-state index contributed by atoms with van der Waals surface area (Å²) < 4.78 is 25.7. The predicted octanol–water partition coefficient (Wildman–Crippen LogP) is 4.24. The van der Waals surface area contributed by atoms with Gasteiger partial charge in [0.05, 0.1) is 19.7 Å². The van der Waals surface area contributed by atoms with Crippen LogP contribution in [-0.4, -0.2) is 41.2 Å². The van der Waals surface area contributed by atoms with Crippen LogP contribution in [0.25, 0.3) is 11.2 Å². The number of hydrogen-bond acceptors (Lipinski definition) is 6. The van der Waals surface area contributed by atoms with Crippen molar-refractivity contribution in [3.8, 4) is 11.5 Å². The van der Waals surface area contributed by atoms with Gasteiger partial charge in [0.25, 0.3) is 0 Å². The maximum absolute atomic E-state index is 13.2. The average Bonchev–Trinajstić information content (AvgIpc) is 3.20. The lowest BCUT2D eigenvalue weighted by Crippen LogP contribution is -2.29. The summed E-state index contributed by atoms with van der Waals surface area (Å²) in [5.74, 6) is 1.54. The highest BCUT2D eigenvalue weighted by molar-refractivity contribution is 7.98. The van der Waals surface area contributed by atoms with Crippen LogP contribution in [0.3, 0.4) is 0 Å². The van der Waals surface area contributed by atoms with Gasteiger partial charge in [-0.05, 0) is 53.9 Å². The number of rotatable bonds is 10. The van der Waals surface area contributed by atoms with E-state index in [1.807, 2.05) is 34.9 Å². The third-order valence-electron chi connectivity index (χ3n) is 5.26. The average molecular weight is 481 g/mol. The third kappa shape index (κ3) is 5.66. The van der Waals surface area contributed by atoms with E-state index in [1.165, 1.54) is 23.9 Å². The molecule has 0 spiro atoms. The fourth-order valence-corrected chi connectivity index (χ4v) is 4.47. The Balaban J connectivity index is 1.41. The minimum Gasteiger partial charge on any atom is -0.493 e. The van der Waals surface area contributed by atoms with E-state index in [-0.39, 0.29) is 18.3 Å². The number of nitrogens with one attached hydrogen (secondary N) is 1. The molecule has 4 aromatic rings. The van der Waals surface area contributed by atoms with E-state index in [9.17, 15) is 9.18 Å². The summed E-state index contributed by atoms with van der Waals surface area (Å²) in [4.78, 5) is 21.7. The Bertz CT molecular complexity index is 1280. The molecular weight excluding hydrogens is 455 g/mol. The van der Waals surface area contributed by atoms with Crippen LogP contribution in [0, 0.1) is 5.82 Å². The molecule has 1 amide bonds. The minimum absolute atomic E-state index is 0.118. The molecule has 176 valence electrons. The second kappa shape index (κ2) is 11.0. The zero-order chi connectivity index (χ0) is 23.9. The number of halogens is 1. The highest BCUT2D eigenvalue weighted by atomic mass is 32.2. The van der Waals surface area contributed by atoms with E-state index in [1.54, 1.807) is 32.5 Å². The maximum atomic E-state index is 13.2. The van der Waals surface area contributed by atoms with Gasteiger partial charge in [0.1, 0.15) is 12.4 Å². The summed E-state index contributed by atoms with van der Waals surface area (Å²) >= 11 is 1.49. The molecule has 34 heavy (non-hydrogen) atoms. The van der Waals surface area contributed by atoms with Crippen molar-refractivity contribution in [2.45, 2.75) is 23.9 Å². The lowest BCUT2D eigenvalue weighted by Gasteiger charge is -2.11. The predicted molar refractivity (Wildman–Crippen MR) is 130 cm³/mol. The van der Waals surface area contributed by atoms with Gasteiger partial charge < -0.3 is 19.4 Å². The van der Waals surface area contributed by atoms with Crippen molar-refractivity contribution in [1.29, 1.82) is 0 Å². The molecule has 0 saturated heterocycles. The lowest BCUT2D eigenvalue weighted by molar-refractivity contribution is -0.121. The van der Waals surface area contributed by atoms with Crippen molar-refractivity contribution in [2.75, 3.05) is 20.8 Å². The Morgan fingerprint density at radius 3 is 2.59 bits per heavy atom. The number of methoxy groups -OCH3 is 2. The van der Waals surface area contributed by atoms with E-state index in [4.69, 9.17) is 9.47 Å². The summed E-state index contributed by atoms with van der Waals surface area (Å²) in [5, 5.41) is 3.66. The van der Waals surface area contributed by atoms with Gasteiger partial charge in [0.15, 0.2) is 22.3 Å². The summed E-state index contributed by atoms with van der Waals surface area (Å²) in [6.07, 6.45) is 2.34. The molecule has 1 N–H and O–H groups in total. The zero-order valence-corrected chi connectivity index (χ0v) is 19.8. The summed E-state index contributed by atoms with van der Waals surface area (Å²) in [5.41, 5.74) is 3.38. The van der Waals surface area contributed by atoms with Crippen molar-refractivity contribution in [2.24, 2.45) is 0 Å². The van der Waals surface area contributed by atoms with Crippen molar-refractivity contribution in [3.63, 3.8) is 0 Å². The molecule has 0 aliphatic carbocycles. The van der Waals surface area contributed by atoms with Gasteiger partial charge in [0.2, 0.25) is 5.91 Å². The highest BCUT2D eigenvalue weighted by Gasteiger charge is 2.15. The van der Waals surface area contributed by atoms with Gasteiger partial charge in [-0.2, -0.15) is 0 Å². The Labute approximate surface area is 201 Å². The number of hydrogen-bond donors (Lipinski definition) is 1. The number of carbonyl (C=O) groups excluding carboxylic acids is 1. The smallest absolute Gasteiger partial charge is 0.240 e. The number of imidazole rings is 1. The van der Waals surface area contributed by atoms with Gasteiger partial charge in [-0.25, -0.2) is 14.4 Å². The quantitative estimate of drug-likeness (QED) is 0.342. The second-order valence-corrected chi connectivity index (χ2v) is 8.47. The van der Waals surface area contributed by atoms with Gasteiger partial charge in [-0.1, -0.05) is 30.0 Å². The number of thioether (sulfide) groups is 1. The van der Waals surface area contributed by atoms with Crippen LogP contribution >= 0.6 is 11.8 Å². The van der Waals surface area contributed by atoms with E-state index >= 15 is 0 Å². The van der Waals surface area contributed by atoms with E-state index < -0.39 is 0 Å². The summed E-state index contributed by atoms with van der Waals surface area (Å²) in [6.45, 7) is 0.608. The number of benzene rings is 2. The second-order valence-electron chi connectivity index (χ2n) is 7.53. The van der Waals surface area contributed by atoms with Crippen molar-refractivity contribution in [3.05, 3.63) is 77.7 Å². The number of amides is 1. The van der Waals surface area contributed by atoms with E-state index in [0.29, 0.717) is 41.0 Å². The van der Waals surface area contributed by atoms with Crippen LogP contribution in [0.5, 0.6) is 11.5 Å². The first-order valence-corrected chi connectivity index (χ1v) is 11.7. The Morgan fingerprint density at radius 2 is 1.82 bits per heavy atom. The largest absolute Gasteiger partial charge is 0.493 e. The molecule has 9 heteroatoms.